The van der Waals surface area contributed by atoms with Crippen LogP contribution in [0.5, 0.6) is 0 Å². The summed E-state index contributed by atoms with van der Waals surface area (Å²) in [6.45, 7) is 4.67. The predicted molar refractivity (Wildman–Crippen MR) is 136 cm³/mol. The van der Waals surface area contributed by atoms with Crippen molar-refractivity contribution in [2.24, 2.45) is 5.92 Å². The molecule has 2 amide bonds. The van der Waals surface area contributed by atoms with Crippen LogP contribution in [-0.4, -0.2) is 74.0 Å². The van der Waals surface area contributed by atoms with Crippen LogP contribution in [0, 0.1) is 12.8 Å². The molecule has 1 aliphatic carbocycles. The number of nitrogens with one attached hydrogen (secondary N) is 1. The smallest absolute Gasteiger partial charge is 0.475 e. The van der Waals surface area contributed by atoms with Crippen LogP contribution >= 0.6 is 0 Å². The van der Waals surface area contributed by atoms with Gasteiger partial charge in [0.2, 0.25) is 0 Å². The van der Waals surface area contributed by atoms with E-state index in [1.54, 1.807) is 20.3 Å². The second-order valence-corrected chi connectivity index (χ2v) is 9.87. The standard InChI is InChI=1S/C25H27N5O2.C2HF3O2/c1-14-22(25(32)29(3)4)28-23(27-14)21-12-18(9-10-26-21)17-7-8-20-19(11-17)13-30(24(20)31)15(2)16-5-6-16;3-2(4,5)1(6)7/h7-12,15-16H,5-6,13H2,1-4H3,(H,27,28);(H,6,7). The molecule has 206 valence electrons. The summed E-state index contributed by atoms with van der Waals surface area (Å²) in [6, 6.07) is 10.3. The van der Waals surface area contributed by atoms with Gasteiger partial charge < -0.3 is 19.9 Å². The molecule has 12 heteroatoms. The number of fused-ring (bicyclic) bond motifs is 1. The Morgan fingerprint density at radius 2 is 1.79 bits per heavy atom. The van der Waals surface area contributed by atoms with Crippen molar-refractivity contribution < 1.29 is 32.7 Å². The molecular weight excluding hydrogens is 515 g/mol. The molecule has 0 radical (unpaired) electrons. The van der Waals surface area contributed by atoms with E-state index in [0.717, 1.165) is 22.3 Å². The van der Waals surface area contributed by atoms with Gasteiger partial charge in [0, 0.05) is 44.1 Å². The first-order valence-corrected chi connectivity index (χ1v) is 12.3. The predicted octanol–water partition coefficient (Wildman–Crippen LogP) is 4.54. The van der Waals surface area contributed by atoms with Gasteiger partial charge >= 0.3 is 12.1 Å². The topological polar surface area (TPSA) is 119 Å². The van der Waals surface area contributed by atoms with E-state index in [4.69, 9.17) is 9.90 Å². The molecule has 0 saturated heterocycles. The molecule has 2 aliphatic rings. The van der Waals surface area contributed by atoms with Crippen LogP contribution in [0.2, 0.25) is 0 Å². The molecule has 1 saturated carbocycles. The van der Waals surface area contributed by atoms with Gasteiger partial charge in [-0.25, -0.2) is 9.78 Å². The van der Waals surface area contributed by atoms with Crippen LogP contribution < -0.4 is 0 Å². The average molecular weight is 544 g/mol. The van der Waals surface area contributed by atoms with Crippen LogP contribution in [0.1, 0.15) is 51.9 Å². The number of carbonyl (C=O) groups excluding carboxylic acids is 2. The lowest BCUT2D eigenvalue weighted by Gasteiger charge is -2.23. The number of carboxylic acid groups (broad SMARTS) is 1. The number of alkyl halides is 3. The molecular formula is C27H28F3N5O4. The van der Waals surface area contributed by atoms with Gasteiger partial charge in [0.15, 0.2) is 5.82 Å². The van der Waals surface area contributed by atoms with Crippen LogP contribution in [-0.2, 0) is 11.3 Å². The van der Waals surface area contributed by atoms with Crippen molar-refractivity contribution in [2.45, 2.75) is 45.5 Å². The van der Waals surface area contributed by atoms with E-state index in [0.29, 0.717) is 41.4 Å². The normalized spacial score (nSPS) is 15.4. The maximum atomic E-state index is 12.9. The summed E-state index contributed by atoms with van der Waals surface area (Å²) < 4.78 is 31.7. The number of pyridine rings is 1. The minimum atomic E-state index is -5.08. The van der Waals surface area contributed by atoms with E-state index in [1.165, 1.54) is 17.7 Å². The summed E-state index contributed by atoms with van der Waals surface area (Å²) in [5.41, 5.74) is 5.70. The highest BCUT2D eigenvalue weighted by Crippen LogP contribution is 2.39. The maximum absolute atomic E-state index is 12.9. The molecule has 5 rings (SSSR count). The lowest BCUT2D eigenvalue weighted by atomic mass is 10.0. The third-order valence-electron chi connectivity index (χ3n) is 6.80. The van der Waals surface area contributed by atoms with Gasteiger partial charge in [-0.1, -0.05) is 6.07 Å². The minimum absolute atomic E-state index is 0.144. The molecule has 3 heterocycles. The number of rotatable bonds is 5. The van der Waals surface area contributed by atoms with Gasteiger partial charge in [-0.15, -0.1) is 0 Å². The molecule has 9 nitrogen and oxygen atoms in total. The van der Waals surface area contributed by atoms with E-state index < -0.39 is 12.1 Å². The lowest BCUT2D eigenvalue weighted by molar-refractivity contribution is -0.192. The van der Waals surface area contributed by atoms with E-state index in [2.05, 4.69) is 27.9 Å². The Hall–Kier alpha value is -4.22. The van der Waals surface area contributed by atoms with Gasteiger partial charge in [-0.3, -0.25) is 14.6 Å². The molecule has 1 aliphatic heterocycles. The Kier molecular flexibility index (Phi) is 7.49. The second kappa shape index (κ2) is 10.5. The number of nitrogens with zero attached hydrogens (tertiary/aromatic N) is 4. The van der Waals surface area contributed by atoms with E-state index >= 15 is 0 Å². The first-order chi connectivity index (χ1) is 18.3. The number of aromatic amines is 1. The molecule has 39 heavy (non-hydrogen) atoms. The number of carboxylic acids is 1. The number of H-pyrrole nitrogens is 1. The van der Waals surface area contributed by atoms with Crippen molar-refractivity contribution in [1.29, 1.82) is 0 Å². The third kappa shape index (κ3) is 5.94. The molecule has 2 aromatic heterocycles. The van der Waals surface area contributed by atoms with Gasteiger partial charge in [0.25, 0.3) is 11.8 Å². The van der Waals surface area contributed by atoms with Crippen LogP contribution in [0.15, 0.2) is 36.5 Å². The molecule has 1 aromatic carbocycles. The summed E-state index contributed by atoms with van der Waals surface area (Å²) in [4.78, 5) is 49.8. The highest BCUT2D eigenvalue weighted by molar-refractivity contribution is 5.99. The van der Waals surface area contributed by atoms with Crippen LogP contribution in [0.3, 0.4) is 0 Å². The van der Waals surface area contributed by atoms with E-state index in [9.17, 15) is 22.8 Å². The van der Waals surface area contributed by atoms with Crippen LogP contribution in [0.25, 0.3) is 22.6 Å². The minimum Gasteiger partial charge on any atom is -0.475 e. The first kappa shape index (κ1) is 27.8. The van der Waals surface area contributed by atoms with Crippen molar-refractivity contribution in [1.82, 2.24) is 24.8 Å². The molecule has 1 unspecified atom stereocenters. The molecule has 1 fully saturated rings. The Morgan fingerprint density at radius 1 is 1.15 bits per heavy atom. The van der Waals surface area contributed by atoms with Crippen LogP contribution in [0.4, 0.5) is 13.2 Å². The highest BCUT2D eigenvalue weighted by Gasteiger charge is 2.39. The van der Waals surface area contributed by atoms with Crippen molar-refractivity contribution in [3.63, 3.8) is 0 Å². The molecule has 3 aromatic rings. The number of aromatic nitrogens is 3. The van der Waals surface area contributed by atoms with Gasteiger partial charge in [-0.2, -0.15) is 13.2 Å². The van der Waals surface area contributed by atoms with Crippen molar-refractivity contribution in [2.75, 3.05) is 14.1 Å². The van der Waals surface area contributed by atoms with Gasteiger partial charge in [0.1, 0.15) is 11.4 Å². The summed E-state index contributed by atoms with van der Waals surface area (Å²) >= 11 is 0. The zero-order valence-corrected chi connectivity index (χ0v) is 21.8. The number of amides is 2. The molecule has 2 N–H and O–H groups in total. The number of aliphatic carboxylic acids is 1. The first-order valence-electron chi connectivity index (χ1n) is 12.3. The van der Waals surface area contributed by atoms with Crippen molar-refractivity contribution in [3.8, 4) is 22.6 Å². The summed E-state index contributed by atoms with van der Waals surface area (Å²) in [6.07, 6.45) is -0.892. The number of hydrogen-bond acceptors (Lipinski definition) is 5. The number of halogens is 3. The maximum Gasteiger partial charge on any atom is 0.490 e. The number of imidazole rings is 1. The number of hydrogen-bond donors (Lipinski definition) is 2. The zero-order chi connectivity index (χ0) is 28.6. The Morgan fingerprint density at radius 3 is 2.38 bits per heavy atom. The van der Waals surface area contributed by atoms with Crippen molar-refractivity contribution in [3.05, 3.63) is 59.0 Å². The second-order valence-electron chi connectivity index (χ2n) is 9.87. The third-order valence-corrected chi connectivity index (χ3v) is 6.80. The van der Waals surface area contributed by atoms with Gasteiger partial charge in [-0.05, 0) is 73.6 Å². The fourth-order valence-corrected chi connectivity index (χ4v) is 4.43. The highest BCUT2D eigenvalue weighted by atomic mass is 19.4. The quantitative estimate of drug-likeness (QED) is 0.488. The lowest BCUT2D eigenvalue weighted by Crippen LogP contribution is -2.34. The SMILES string of the molecule is Cc1[nH]c(-c2cc(-c3ccc4c(c3)CN(C(C)C3CC3)C4=O)ccn2)nc1C(=O)N(C)C.O=C(O)C(F)(F)F. The molecule has 0 bridgehead atoms. The van der Waals surface area contributed by atoms with Crippen molar-refractivity contribution >= 4 is 17.8 Å². The average Bonchev–Trinajstić information content (AvgIpc) is 3.59. The van der Waals surface area contributed by atoms with E-state index in [-0.39, 0.29) is 11.8 Å². The molecule has 0 spiro atoms. The number of aryl methyl sites for hydroxylation is 1. The Bertz CT molecular complexity index is 1430. The Labute approximate surface area is 222 Å². The summed E-state index contributed by atoms with van der Waals surface area (Å²) in [7, 11) is 3.42. The fraction of sp³-hybridized carbons (Fsp3) is 0.370. The number of benzene rings is 1. The number of carbonyl (C=O) groups is 3. The summed E-state index contributed by atoms with van der Waals surface area (Å²) in [5, 5.41) is 7.12. The fourth-order valence-electron chi connectivity index (χ4n) is 4.43. The largest absolute Gasteiger partial charge is 0.490 e. The zero-order valence-electron chi connectivity index (χ0n) is 21.8. The monoisotopic (exact) mass is 543 g/mol. The van der Waals surface area contributed by atoms with Gasteiger partial charge in [0.05, 0.1) is 0 Å². The Balaban J connectivity index is 0.000000448. The summed E-state index contributed by atoms with van der Waals surface area (Å²) in [5.74, 6) is -1.54. The molecule has 1 atom stereocenters. The van der Waals surface area contributed by atoms with E-state index in [1.807, 2.05) is 36.1 Å².